The third-order valence-corrected chi connectivity index (χ3v) is 5.61. The highest BCUT2D eigenvalue weighted by molar-refractivity contribution is 5.75. The van der Waals surface area contributed by atoms with E-state index in [2.05, 4.69) is 58.9 Å². The summed E-state index contributed by atoms with van der Waals surface area (Å²) >= 11 is 0. The van der Waals surface area contributed by atoms with Gasteiger partial charge in [0.2, 0.25) is 5.91 Å². The predicted octanol–water partition coefficient (Wildman–Crippen LogP) is 3.70. The number of rotatable bonds is 7. The zero-order valence-electron chi connectivity index (χ0n) is 17.3. The summed E-state index contributed by atoms with van der Waals surface area (Å²) < 4.78 is 10.9. The Morgan fingerprint density at radius 3 is 2.33 bits per heavy atom. The molecule has 2 aliphatic heterocycles. The molecule has 0 radical (unpaired) electrons. The lowest BCUT2D eigenvalue weighted by atomic mass is 10.0. The average molecular weight is 411 g/mol. The van der Waals surface area contributed by atoms with Gasteiger partial charge in [-0.15, -0.1) is 0 Å². The zero-order valence-corrected chi connectivity index (χ0v) is 17.3. The Hall–Kier alpha value is -2.41. The van der Waals surface area contributed by atoms with E-state index < -0.39 is 0 Å². The van der Waals surface area contributed by atoms with Crippen LogP contribution in [-0.2, 0) is 25.5 Å². The minimum atomic E-state index is -0.309. The highest BCUT2D eigenvalue weighted by Gasteiger charge is 2.15. The van der Waals surface area contributed by atoms with E-state index in [0.29, 0.717) is 19.4 Å². The molecule has 0 spiro atoms. The van der Waals surface area contributed by atoms with Gasteiger partial charge in [-0.3, -0.25) is 4.79 Å². The number of morpholine rings is 1. The average Bonchev–Trinajstić information content (AvgIpc) is 2.83. The van der Waals surface area contributed by atoms with E-state index in [4.69, 9.17) is 14.3 Å². The first-order chi connectivity index (χ1) is 14.8. The third-order valence-electron chi connectivity index (χ3n) is 5.61. The number of hydrogen-bond donors (Lipinski definition) is 1. The van der Waals surface area contributed by atoms with Gasteiger partial charge in [-0.25, -0.2) is 10.3 Å². The number of benzene rings is 2. The van der Waals surface area contributed by atoms with Gasteiger partial charge >= 0.3 is 0 Å². The van der Waals surface area contributed by atoms with Crippen molar-refractivity contribution in [3.05, 3.63) is 54.1 Å². The van der Waals surface area contributed by atoms with Crippen molar-refractivity contribution in [3.8, 4) is 11.1 Å². The lowest BCUT2D eigenvalue weighted by molar-refractivity contribution is -0.200. The lowest BCUT2D eigenvalue weighted by Gasteiger charge is -2.28. The minimum Gasteiger partial charge on any atom is -0.378 e. The molecule has 2 aromatic carbocycles. The van der Waals surface area contributed by atoms with Gasteiger partial charge in [0, 0.05) is 38.2 Å². The van der Waals surface area contributed by atoms with Gasteiger partial charge in [0.05, 0.1) is 13.2 Å². The van der Waals surface area contributed by atoms with Gasteiger partial charge in [-0.2, -0.15) is 0 Å². The summed E-state index contributed by atoms with van der Waals surface area (Å²) in [5, 5.41) is 0. The van der Waals surface area contributed by atoms with Crippen LogP contribution in [0.2, 0.25) is 0 Å². The molecule has 1 unspecified atom stereocenters. The predicted molar refractivity (Wildman–Crippen MR) is 116 cm³/mol. The lowest BCUT2D eigenvalue weighted by Crippen LogP contribution is -2.36. The molecule has 2 aliphatic rings. The molecule has 0 saturated carbocycles. The van der Waals surface area contributed by atoms with E-state index in [-0.39, 0.29) is 12.2 Å². The molecule has 4 rings (SSSR count). The Bertz CT molecular complexity index is 795. The van der Waals surface area contributed by atoms with Crippen molar-refractivity contribution in [1.29, 1.82) is 0 Å². The van der Waals surface area contributed by atoms with Crippen LogP contribution < -0.4 is 10.4 Å². The fraction of sp³-hybridized carbons (Fsp3) is 0.458. The van der Waals surface area contributed by atoms with Gasteiger partial charge in [-0.1, -0.05) is 36.4 Å². The molecule has 160 valence electrons. The monoisotopic (exact) mass is 410 g/mol. The smallest absolute Gasteiger partial charge is 0.243 e. The van der Waals surface area contributed by atoms with Crippen LogP contribution in [-0.4, -0.2) is 45.1 Å². The van der Waals surface area contributed by atoms with Crippen molar-refractivity contribution in [2.45, 2.75) is 38.4 Å². The van der Waals surface area contributed by atoms with Crippen LogP contribution in [0.3, 0.4) is 0 Å². The molecule has 2 heterocycles. The molecular formula is C24H30N2O4. The molecular weight excluding hydrogens is 380 g/mol. The maximum atomic E-state index is 12.0. The molecule has 30 heavy (non-hydrogen) atoms. The maximum absolute atomic E-state index is 12.0. The quantitative estimate of drug-likeness (QED) is 0.706. The number of nitrogens with one attached hydrogen (secondary N) is 1. The molecule has 6 heteroatoms. The standard InChI is InChI=1S/C24H30N2O4/c27-23(25-30-24-3-1-2-16-29-24)13-6-19-4-7-20(8-5-19)21-9-11-22(12-10-21)26-14-17-28-18-15-26/h4-5,7-12,24H,1-3,6,13-18H2,(H,25,27). The molecule has 2 aromatic rings. The molecule has 1 amide bonds. The summed E-state index contributed by atoms with van der Waals surface area (Å²) in [6, 6.07) is 17.1. The van der Waals surface area contributed by atoms with E-state index in [9.17, 15) is 4.79 Å². The first-order valence-corrected chi connectivity index (χ1v) is 10.9. The number of carbonyl (C=O) groups is 1. The second-order valence-corrected chi connectivity index (χ2v) is 7.78. The Morgan fingerprint density at radius 2 is 1.67 bits per heavy atom. The second kappa shape index (κ2) is 10.6. The molecule has 0 aromatic heterocycles. The zero-order chi connectivity index (χ0) is 20.6. The molecule has 1 N–H and O–H groups in total. The Balaban J connectivity index is 1.24. The Kier molecular flexibility index (Phi) is 7.34. The fourth-order valence-corrected chi connectivity index (χ4v) is 3.79. The summed E-state index contributed by atoms with van der Waals surface area (Å²) in [4.78, 5) is 19.7. The highest BCUT2D eigenvalue weighted by atomic mass is 16.8. The molecule has 0 bridgehead atoms. The van der Waals surface area contributed by atoms with Crippen LogP contribution in [0.4, 0.5) is 5.69 Å². The van der Waals surface area contributed by atoms with Crippen LogP contribution in [0.15, 0.2) is 48.5 Å². The maximum Gasteiger partial charge on any atom is 0.243 e. The summed E-state index contributed by atoms with van der Waals surface area (Å²) in [6.07, 6.45) is 3.72. The van der Waals surface area contributed by atoms with Gasteiger partial charge in [0.1, 0.15) is 0 Å². The molecule has 2 saturated heterocycles. The van der Waals surface area contributed by atoms with Gasteiger partial charge < -0.3 is 14.4 Å². The van der Waals surface area contributed by atoms with Crippen molar-refractivity contribution in [1.82, 2.24) is 5.48 Å². The Labute approximate surface area is 178 Å². The first-order valence-electron chi connectivity index (χ1n) is 10.9. The number of hydrogen-bond acceptors (Lipinski definition) is 5. The highest BCUT2D eigenvalue weighted by Crippen LogP contribution is 2.24. The first kappa shape index (κ1) is 20.8. The summed E-state index contributed by atoms with van der Waals surface area (Å²) in [5.74, 6) is -0.119. The molecule has 2 fully saturated rings. The van der Waals surface area contributed by atoms with Gasteiger partial charge in [-0.05, 0) is 48.1 Å². The van der Waals surface area contributed by atoms with E-state index in [0.717, 1.165) is 51.1 Å². The largest absolute Gasteiger partial charge is 0.378 e. The molecule has 1 atom stereocenters. The Morgan fingerprint density at radius 1 is 0.967 bits per heavy atom. The second-order valence-electron chi connectivity index (χ2n) is 7.78. The van der Waals surface area contributed by atoms with E-state index in [1.54, 1.807) is 0 Å². The fourth-order valence-electron chi connectivity index (χ4n) is 3.79. The van der Waals surface area contributed by atoms with Crippen LogP contribution in [0, 0.1) is 0 Å². The SMILES string of the molecule is O=C(CCc1ccc(-c2ccc(N3CCOCC3)cc2)cc1)NOC1CCCCO1. The number of hydroxylamine groups is 1. The summed E-state index contributed by atoms with van der Waals surface area (Å²) in [6.45, 7) is 4.17. The number of nitrogens with zero attached hydrogens (tertiary/aromatic N) is 1. The van der Waals surface area contributed by atoms with Gasteiger partial charge in [0.25, 0.3) is 0 Å². The van der Waals surface area contributed by atoms with Crippen LogP contribution in [0.25, 0.3) is 11.1 Å². The van der Waals surface area contributed by atoms with Crippen molar-refractivity contribution in [2.75, 3.05) is 37.8 Å². The number of ether oxygens (including phenoxy) is 2. The molecule has 6 nitrogen and oxygen atoms in total. The topological polar surface area (TPSA) is 60.0 Å². The van der Waals surface area contributed by atoms with Crippen LogP contribution in [0.5, 0.6) is 0 Å². The molecule has 0 aliphatic carbocycles. The van der Waals surface area contributed by atoms with Crippen molar-refractivity contribution < 1.29 is 19.1 Å². The normalized spacial score (nSPS) is 19.5. The van der Waals surface area contributed by atoms with E-state index >= 15 is 0 Å². The number of aryl methyl sites for hydroxylation is 1. The van der Waals surface area contributed by atoms with Gasteiger partial charge in [0.15, 0.2) is 6.29 Å². The summed E-state index contributed by atoms with van der Waals surface area (Å²) in [7, 11) is 0. The third kappa shape index (κ3) is 5.81. The number of amides is 1. The van der Waals surface area contributed by atoms with Crippen molar-refractivity contribution in [3.63, 3.8) is 0 Å². The van der Waals surface area contributed by atoms with Crippen LogP contribution in [0.1, 0.15) is 31.2 Å². The minimum absolute atomic E-state index is 0.119. The van der Waals surface area contributed by atoms with Crippen molar-refractivity contribution in [2.24, 2.45) is 0 Å². The van der Waals surface area contributed by atoms with Crippen LogP contribution >= 0.6 is 0 Å². The summed E-state index contributed by atoms with van der Waals surface area (Å²) in [5.41, 5.74) is 7.26. The van der Waals surface area contributed by atoms with E-state index in [1.807, 2.05) is 0 Å². The van der Waals surface area contributed by atoms with Crippen molar-refractivity contribution >= 4 is 11.6 Å². The number of anilines is 1. The van der Waals surface area contributed by atoms with E-state index in [1.165, 1.54) is 16.8 Å². The number of carbonyl (C=O) groups excluding carboxylic acids is 1.